The Morgan fingerprint density at radius 3 is 2.45 bits per heavy atom. The number of hydrogen-bond donors (Lipinski definition) is 2. The van der Waals surface area contributed by atoms with Crippen molar-refractivity contribution >= 4 is 52.2 Å². The molecule has 1 heterocycles. The Labute approximate surface area is 236 Å². The summed E-state index contributed by atoms with van der Waals surface area (Å²) < 4.78 is 11.4. The van der Waals surface area contributed by atoms with E-state index in [0.29, 0.717) is 35.0 Å². The molecular formula is C30H29N3O6S. The Morgan fingerprint density at radius 1 is 0.900 bits per heavy atom. The van der Waals surface area contributed by atoms with E-state index in [2.05, 4.69) is 10.6 Å². The number of rotatable bonds is 10. The number of imide groups is 1. The minimum atomic E-state index is -0.555. The molecule has 0 bridgehead atoms. The van der Waals surface area contributed by atoms with Crippen molar-refractivity contribution in [2.45, 2.75) is 20.8 Å². The van der Waals surface area contributed by atoms with Gasteiger partial charge in [0.05, 0.1) is 11.5 Å². The van der Waals surface area contributed by atoms with E-state index in [1.165, 1.54) is 0 Å². The van der Waals surface area contributed by atoms with Crippen molar-refractivity contribution in [1.29, 1.82) is 0 Å². The minimum absolute atomic E-state index is 0.183. The Balaban J connectivity index is 1.41. The highest BCUT2D eigenvalue weighted by Crippen LogP contribution is 2.34. The molecule has 1 aliphatic rings. The average Bonchev–Trinajstić information content (AvgIpc) is 3.17. The number of aryl methyl sites for hydroxylation is 2. The van der Waals surface area contributed by atoms with Gasteiger partial charge in [-0.1, -0.05) is 36.4 Å². The van der Waals surface area contributed by atoms with Crippen LogP contribution in [0.25, 0.3) is 6.08 Å². The van der Waals surface area contributed by atoms with Gasteiger partial charge in [0.25, 0.3) is 17.1 Å². The molecule has 9 nitrogen and oxygen atoms in total. The van der Waals surface area contributed by atoms with Crippen LogP contribution in [0.5, 0.6) is 11.5 Å². The van der Waals surface area contributed by atoms with E-state index in [0.717, 1.165) is 27.8 Å². The monoisotopic (exact) mass is 559 g/mol. The van der Waals surface area contributed by atoms with Crippen LogP contribution >= 0.6 is 11.8 Å². The molecule has 4 rings (SSSR count). The van der Waals surface area contributed by atoms with Gasteiger partial charge in [0.1, 0.15) is 6.54 Å². The summed E-state index contributed by atoms with van der Waals surface area (Å²) in [6.07, 6.45) is 1.56. The maximum Gasteiger partial charge on any atom is 0.294 e. The highest BCUT2D eigenvalue weighted by molar-refractivity contribution is 8.18. The lowest BCUT2D eigenvalue weighted by Gasteiger charge is -2.14. The number of para-hydroxylation sites is 1. The molecule has 3 aromatic rings. The van der Waals surface area contributed by atoms with Crippen molar-refractivity contribution in [2.24, 2.45) is 0 Å². The Bertz CT molecular complexity index is 1490. The minimum Gasteiger partial charge on any atom is -0.490 e. The molecule has 0 aromatic heterocycles. The lowest BCUT2D eigenvalue weighted by molar-refractivity contribution is -0.127. The maximum atomic E-state index is 12.9. The predicted octanol–water partition coefficient (Wildman–Crippen LogP) is 5.39. The van der Waals surface area contributed by atoms with E-state index in [9.17, 15) is 19.2 Å². The van der Waals surface area contributed by atoms with Gasteiger partial charge in [-0.3, -0.25) is 24.1 Å². The second kappa shape index (κ2) is 13.0. The van der Waals surface area contributed by atoms with Gasteiger partial charge in [-0.05, 0) is 85.6 Å². The van der Waals surface area contributed by atoms with Crippen LogP contribution in [0.2, 0.25) is 0 Å². The van der Waals surface area contributed by atoms with Crippen LogP contribution in [0.1, 0.15) is 23.6 Å². The van der Waals surface area contributed by atoms with Crippen molar-refractivity contribution < 1.29 is 28.7 Å². The second-order valence-electron chi connectivity index (χ2n) is 8.98. The van der Waals surface area contributed by atoms with Gasteiger partial charge in [-0.15, -0.1) is 0 Å². The molecule has 206 valence electrons. The molecule has 0 radical (unpaired) electrons. The van der Waals surface area contributed by atoms with Crippen LogP contribution in [0.15, 0.2) is 71.6 Å². The van der Waals surface area contributed by atoms with E-state index in [1.54, 1.807) is 42.5 Å². The highest BCUT2D eigenvalue weighted by atomic mass is 32.2. The average molecular weight is 560 g/mol. The van der Waals surface area contributed by atoms with Crippen LogP contribution in [0.3, 0.4) is 0 Å². The lowest BCUT2D eigenvalue weighted by Crippen LogP contribution is -2.36. The number of carbonyl (C=O) groups excluding carboxylic acids is 4. The molecule has 3 aromatic carbocycles. The zero-order valence-corrected chi connectivity index (χ0v) is 23.2. The number of benzene rings is 3. The quantitative estimate of drug-likeness (QED) is 0.320. The van der Waals surface area contributed by atoms with Crippen molar-refractivity contribution in [2.75, 3.05) is 30.4 Å². The van der Waals surface area contributed by atoms with Gasteiger partial charge < -0.3 is 20.1 Å². The first-order valence-electron chi connectivity index (χ1n) is 12.6. The number of amides is 4. The van der Waals surface area contributed by atoms with E-state index in [-0.39, 0.29) is 17.4 Å². The van der Waals surface area contributed by atoms with Crippen LogP contribution in [-0.2, 0) is 14.4 Å². The molecule has 1 aliphatic heterocycles. The number of carbonyl (C=O) groups is 4. The van der Waals surface area contributed by atoms with Gasteiger partial charge >= 0.3 is 0 Å². The molecule has 1 fully saturated rings. The zero-order valence-electron chi connectivity index (χ0n) is 22.4. The molecule has 2 N–H and O–H groups in total. The summed E-state index contributed by atoms with van der Waals surface area (Å²) in [6.45, 7) is 5.34. The second-order valence-corrected chi connectivity index (χ2v) is 9.97. The van der Waals surface area contributed by atoms with Crippen molar-refractivity contribution in [1.82, 2.24) is 4.90 Å². The molecule has 1 saturated heterocycles. The largest absolute Gasteiger partial charge is 0.490 e. The summed E-state index contributed by atoms with van der Waals surface area (Å²) in [7, 11) is 0. The zero-order chi connectivity index (χ0) is 28.6. The Kier molecular flexibility index (Phi) is 9.23. The number of ether oxygens (including phenoxy) is 2. The van der Waals surface area contributed by atoms with Crippen LogP contribution in [0, 0.1) is 13.8 Å². The number of thioether (sulfide) groups is 1. The van der Waals surface area contributed by atoms with E-state index in [1.807, 2.05) is 51.1 Å². The van der Waals surface area contributed by atoms with Crippen LogP contribution < -0.4 is 20.1 Å². The normalized spacial score (nSPS) is 13.9. The third-order valence-electron chi connectivity index (χ3n) is 5.82. The molecular weight excluding hydrogens is 530 g/mol. The van der Waals surface area contributed by atoms with Crippen molar-refractivity contribution in [3.63, 3.8) is 0 Å². The summed E-state index contributed by atoms with van der Waals surface area (Å²) in [6, 6.07) is 19.7. The summed E-state index contributed by atoms with van der Waals surface area (Å²) in [5.41, 5.74) is 3.78. The van der Waals surface area contributed by atoms with E-state index < -0.39 is 23.6 Å². The van der Waals surface area contributed by atoms with Crippen molar-refractivity contribution in [3.05, 3.63) is 88.3 Å². The van der Waals surface area contributed by atoms with Crippen LogP contribution in [0.4, 0.5) is 16.2 Å². The van der Waals surface area contributed by atoms with E-state index in [4.69, 9.17) is 9.47 Å². The SMILES string of the molecule is CCOc1cc(/C=C2/SC(=O)N(CC(=O)Nc3ccccc3C)C2=O)ccc1OCC(=O)Nc1cccc(C)c1. The fourth-order valence-electron chi connectivity index (χ4n) is 3.90. The third-order valence-corrected chi connectivity index (χ3v) is 6.73. The summed E-state index contributed by atoms with van der Waals surface area (Å²) in [4.78, 5) is 51.4. The summed E-state index contributed by atoms with van der Waals surface area (Å²) >= 11 is 0.761. The van der Waals surface area contributed by atoms with Gasteiger partial charge in [0.15, 0.2) is 18.1 Å². The van der Waals surface area contributed by atoms with Crippen molar-refractivity contribution in [3.8, 4) is 11.5 Å². The molecule has 4 amide bonds. The molecule has 0 atom stereocenters. The van der Waals surface area contributed by atoms with E-state index >= 15 is 0 Å². The number of hydrogen-bond acceptors (Lipinski definition) is 7. The number of nitrogens with one attached hydrogen (secondary N) is 2. The smallest absolute Gasteiger partial charge is 0.294 e. The molecule has 0 unspecified atom stereocenters. The lowest BCUT2D eigenvalue weighted by atomic mass is 10.2. The third kappa shape index (κ3) is 7.29. The summed E-state index contributed by atoms with van der Waals surface area (Å²) in [5, 5.41) is 4.99. The maximum absolute atomic E-state index is 12.9. The predicted molar refractivity (Wildman–Crippen MR) is 155 cm³/mol. The first-order chi connectivity index (χ1) is 19.2. The number of anilines is 2. The Morgan fingerprint density at radius 2 is 1.70 bits per heavy atom. The van der Waals surface area contributed by atoms with Crippen LogP contribution in [-0.4, -0.2) is 47.6 Å². The fourth-order valence-corrected chi connectivity index (χ4v) is 4.74. The van der Waals surface area contributed by atoms with Gasteiger partial charge in [-0.2, -0.15) is 0 Å². The first-order valence-corrected chi connectivity index (χ1v) is 13.4. The molecule has 40 heavy (non-hydrogen) atoms. The van der Waals surface area contributed by atoms with Gasteiger partial charge in [-0.25, -0.2) is 0 Å². The Hall–Kier alpha value is -4.57. The van der Waals surface area contributed by atoms with Gasteiger partial charge in [0, 0.05) is 11.4 Å². The summed E-state index contributed by atoms with van der Waals surface area (Å²) in [5.74, 6) is -0.599. The topological polar surface area (TPSA) is 114 Å². The first kappa shape index (κ1) is 28.4. The number of nitrogens with zero attached hydrogens (tertiary/aromatic N) is 1. The highest BCUT2D eigenvalue weighted by Gasteiger charge is 2.36. The molecule has 0 aliphatic carbocycles. The molecule has 0 saturated carbocycles. The fraction of sp³-hybridized carbons (Fsp3) is 0.200. The molecule has 10 heteroatoms. The molecule has 0 spiro atoms. The standard InChI is InChI=1S/C30H29N3O6S/c1-4-38-25-15-21(12-13-24(25)39-18-28(35)31-22-10-7-8-19(2)14-22)16-26-29(36)33(30(37)40-26)17-27(34)32-23-11-6-5-9-20(23)3/h5-16H,4,17-18H2,1-3H3,(H,31,35)(H,32,34)/b26-16+. The van der Waals surface area contributed by atoms with Gasteiger partial charge in [0.2, 0.25) is 5.91 Å².